The minimum atomic E-state index is -0.739. The highest BCUT2D eigenvalue weighted by Crippen LogP contribution is 2.29. The molecule has 8 heteroatoms. The van der Waals surface area contributed by atoms with Gasteiger partial charge in [-0.1, -0.05) is 23.1 Å². The minimum absolute atomic E-state index is 0.187. The van der Waals surface area contributed by atoms with Crippen molar-refractivity contribution in [1.29, 1.82) is 0 Å². The summed E-state index contributed by atoms with van der Waals surface area (Å²) in [5.41, 5.74) is -0.739. The molecule has 1 aromatic heterocycles. The molecule has 1 rings (SSSR count). The standard InChI is InChI=1S/C12H22N4O2S2/c1-8(2)13-12(3,9(17)18-6)7-19-11-15-14-10(20-11)16(4)5/h8,13H,7H2,1-6H3. The zero-order chi connectivity index (χ0) is 15.3. The van der Waals surface area contributed by atoms with Gasteiger partial charge in [-0.05, 0) is 20.8 Å². The normalized spacial score (nSPS) is 14.2. The van der Waals surface area contributed by atoms with Crippen LogP contribution in [0, 0.1) is 0 Å². The van der Waals surface area contributed by atoms with Gasteiger partial charge >= 0.3 is 5.97 Å². The fourth-order valence-corrected chi connectivity index (χ4v) is 3.52. The van der Waals surface area contributed by atoms with E-state index in [1.807, 2.05) is 39.8 Å². The number of ether oxygens (including phenoxy) is 1. The van der Waals surface area contributed by atoms with E-state index in [1.54, 1.807) is 0 Å². The number of nitrogens with one attached hydrogen (secondary N) is 1. The first kappa shape index (κ1) is 17.2. The van der Waals surface area contributed by atoms with Crippen LogP contribution >= 0.6 is 23.1 Å². The number of thioether (sulfide) groups is 1. The maximum absolute atomic E-state index is 12.0. The SMILES string of the molecule is COC(=O)C(C)(CSc1nnc(N(C)C)s1)NC(C)C. The molecule has 0 aliphatic rings. The topological polar surface area (TPSA) is 67.3 Å². The summed E-state index contributed by atoms with van der Waals surface area (Å²) in [6.07, 6.45) is 0. The van der Waals surface area contributed by atoms with Crippen molar-refractivity contribution in [2.75, 3.05) is 31.9 Å². The molecule has 0 saturated heterocycles. The quantitative estimate of drug-likeness (QED) is 0.605. The van der Waals surface area contributed by atoms with Crippen molar-refractivity contribution < 1.29 is 9.53 Å². The van der Waals surface area contributed by atoms with Crippen LogP contribution in [0.3, 0.4) is 0 Å². The van der Waals surface area contributed by atoms with Crippen LogP contribution in [0.5, 0.6) is 0 Å². The van der Waals surface area contributed by atoms with E-state index in [2.05, 4.69) is 15.5 Å². The number of methoxy groups -OCH3 is 1. The highest BCUT2D eigenvalue weighted by Gasteiger charge is 2.35. The molecular weight excluding hydrogens is 296 g/mol. The van der Waals surface area contributed by atoms with Gasteiger partial charge in [-0.25, -0.2) is 0 Å². The Hall–Kier alpha value is -0.860. The van der Waals surface area contributed by atoms with Crippen molar-refractivity contribution in [2.24, 2.45) is 0 Å². The zero-order valence-corrected chi connectivity index (χ0v) is 14.4. The van der Waals surface area contributed by atoms with Crippen LogP contribution in [-0.2, 0) is 9.53 Å². The molecule has 1 heterocycles. The lowest BCUT2D eigenvalue weighted by molar-refractivity contribution is -0.147. The molecule has 0 aromatic carbocycles. The van der Waals surface area contributed by atoms with Crippen LogP contribution in [0.2, 0.25) is 0 Å². The average molecular weight is 318 g/mol. The Morgan fingerprint density at radius 1 is 1.50 bits per heavy atom. The number of anilines is 1. The third kappa shape index (κ3) is 4.60. The van der Waals surface area contributed by atoms with Crippen molar-refractivity contribution in [3.05, 3.63) is 0 Å². The van der Waals surface area contributed by atoms with E-state index < -0.39 is 5.54 Å². The molecule has 1 N–H and O–H groups in total. The van der Waals surface area contributed by atoms with E-state index in [-0.39, 0.29) is 12.0 Å². The van der Waals surface area contributed by atoms with Gasteiger partial charge < -0.3 is 9.64 Å². The third-order valence-electron chi connectivity index (χ3n) is 2.51. The Morgan fingerprint density at radius 3 is 2.60 bits per heavy atom. The lowest BCUT2D eigenvalue weighted by Gasteiger charge is -2.29. The molecule has 114 valence electrons. The Morgan fingerprint density at radius 2 is 2.15 bits per heavy atom. The molecule has 6 nitrogen and oxygen atoms in total. The van der Waals surface area contributed by atoms with Gasteiger partial charge in [0.25, 0.3) is 0 Å². The molecule has 1 aromatic rings. The van der Waals surface area contributed by atoms with Crippen molar-refractivity contribution in [1.82, 2.24) is 15.5 Å². The molecule has 0 saturated carbocycles. The summed E-state index contributed by atoms with van der Waals surface area (Å²) in [6, 6.07) is 0.187. The first-order valence-electron chi connectivity index (χ1n) is 6.28. The molecule has 0 radical (unpaired) electrons. The van der Waals surface area contributed by atoms with E-state index in [0.717, 1.165) is 9.47 Å². The molecule has 0 bridgehead atoms. The molecule has 1 atom stereocenters. The molecule has 1 unspecified atom stereocenters. The largest absolute Gasteiger partial charge is 0.468 e. The Labute approximate surface area is 128 Å². The molecule has 0 fully saturated rings. The van der Waals surface area contributed by atoms with Gasteiger partial charge in [-0.15, -0.1) is 10.2 Å². The zero-order valence-electron chi connectivity index (χ0n) is 12.8. The summed E-state index contributed by atoms with van der Waals surface area (Å²) in [5.74, 6) is 0.274. The fraction of sp³-hybridized carbons (Fsp3) is 0.750. The summed E-state index contributed by atoms with van der Waals surface area (Å²) in [6.45, 7) is 5.85. The number of hydrogen-bond donors (Lipinski definition) is 1. The second-order valence-corrected chi connectivity index (χ2v) is 7.33. The highest BCUT2D eigenvalue weighted by molar-refractivity contribution is 8.01. The van der Waals surface area contributed by atoms with Crippen LogP contribution < -0.4 is 10.2 Å². The second-order valence-electron chi connectivity index (χ2n) is 5.16. The summed E-state index contributed by atoms with van der Waals surface area (Å²) >= 11 is 3.01. The number of rotatable bonds is 7. The fourth-order valence-electron chi connectivity index (χ4n) is 1.67. The van der Waals surface area contributed by atoms with Gasteiger partial charge in [0.15, 0.2) is 4.34 Å². The van der Waals surface area contributed by atoms with Gasteiger partial charge in [0.2, 0.25) is 5.13 Å². The minimum Gasteiger partial charge on any atom is -0.468 e. The summed E-state index contributed by atoms with van der Waals surface area (Å²) in [5, 5.41) is 12.3. The van der Waals surface area contributed by atoms with Gasteiger partial charge in [-0.3, -0.25) is 10.1 Å². The monoisotopic (exact) mass is 318 g/mol. The van der Waals surface area contributed by atoms with Crippen molar-refractivity contribution in [3.63, 3.8) is 0 Å². The molecule has 20 heavy (non-hydrogen) atoms. The lowest BCUT2D eigenvalue weighted by Crippen LogP contribution is -2.54. The first-order chi connectivity index (χ1) is 9.28. The van der Waals surface area contributed by atoms with Crippen LogP contribution in [0.15, 0.2) is 4.34 Å². The van der Waals surface area contributed by atoms with Gasteiger partial charge in [0, 0.05) is 25.9 Å². The number of esters is 1. The number of nitrogens with zero attached hydrogens (tertiary/aromatic N) is 3. The van der Waals surface area contributed by atoms with Crippen molar-refractivity contribution in [3.8, 4) is 0 Å². The highest BCUT2D eigenvalue weighted by atomic mass is 32.2. The summed E-state index contributed by atoms with van der Waals surface area (Å²) < 4.78 is 5.73. The van der Waals surface area contributed by atoms with E-state index in [0.29, 0.717) is 5.75 Å². The van der Waals surface area contributed by atoms with Gasteiger partial charge in [-0.2, -0.15) is 0 Å². The number of aromatic nitrogens is 2. The smallest absolute Gasteiger partial charge is 0.326 e. The summed E-state index contributed by atoms with van der Waals surface area (Å²) in [7, 11) is 5.25. The van der Waals surface area contributed by atoms with E-state index >= 15 is 0 Å². The lowest BCUT2D eigenvalue weighted by atomic mass is 10.0. The van der Waals surface area contributed by atoms with Gasteiger partial charge in [0.1, 0.15) is 5.54 Å². The van der Waals surface area contributed by atoms with E-state index in [4.69, 9.17) is 4.74 Å². The van der Waals surface area contributed by atoms with Crippen molar-refractivity contribution >= 4 is 34.2 Å². The number of carbonyl (C=O) groups is 1. The number of hydrogen-bond acceptors (Lipinski definition) is 8. The van der Waals surface area contributed by atoms with Crippen LogP contribution in [0.1, 0.15) is 20.8 Å². The van der Waals surface area contributed by atoms with Crippen LogP contribution in [0.4, 0.5) is 5.13 Å². The number of carbonyl (C=O) groups excluding carboxylic acids is 1. The second kappa shape index (κ2) is 7.24. The molecule has 0 aliphatic heterocycles. The first-order valence-corrected chi connectivity index (χ1v) is 8.08. The maximum Gasteiger partial charge on any atom is 0.326 e. The Bertz CT molecular complexity index is 450. The van der Waals surface area contributed by atoms with Crippen LogP contribution in [0.25, 0.3) is 0 Å². The van der Waals surface area contributed by atoms with Crippen LogP contribution in [-0.4, -0.2) is 54.7 Å². The predicted molar refractivity (Wildman–Crippen MR) is 83.7 cm³/mol. The van der Waals surface area contributed by atoms with E-state index in [9.17, 15) is 4.79 Å². The molecule has 0 spiro atoms. The maximum atomic E-state index is 12.0. The third-order valence-corrected chi connectivity index (χ3v) is 5.05. The van der Waals surface area contributed by atoms with E-state index in [1.165, 1.54) is 30.2 Å². The summed E-state index contributed by atoms with van der Waals surface area (Å²) in [4.78, 5) is 13.9. The Kier molecular flexibility index (Phi) is 6.22. The van der Waals surface area contributed by atoms with Gasteiger partial charge in [0.05, 0.1) is 7.11 Å². The Balaban J connectivity index is 2.72. The average Bonchev–Trinajstić information content (AvgIpc) is 2.83. The molecular formula is C12H22N4O2S2. The van der Waals surface area contributed by atoms with Crippen molar-refractivity contribution in [2.45, 2.75) is 36.7 Å². The predicted octanol–water partition coefficient (Wildman–Crippen LogP) is 1.63. The molecule has 0 aliphatic carbocycles. The molecule has 0 amide bonds.